The number of amides is 1. The van der Waals surface area contributed by atoms with Gasteiger partial charge in [-0.05, 0) is 5.89 Å². The highest BCUT2D eigenvalue weighted by atomic mass is 16.2. The molecule has 0 bridgehead atoms. The van der Waals surface area contributed by atoms with Gasteiger partial charge in [-0.3, -0.25) is 9.59 Å². The van der Waals surface area contributed by atoms with Crippen LogP contribution in [0.25, 0.3) is 0 Å². The van der Waals surface area contributed by atoms with Crippen LogP contribution in [0.5, 0.6) is 0 Å². The lowest BCUT2D eigenvalue weighted by Gasteiger charge is -2.25. The molecule has 16 heavy (non-hydrogen) atoms. The SMILES string of the molecule is [2H]C([2H])([2H])CC([2H])(C)C(N[13C](=O)C(C)C)C(=O)C(C)C. The van der Waals surface area contributed by atoms with Crippen molar-refractivity contribution in [3.05, 3.63) is 0 Å². The van der Waals surface area contributed by atoms with E-state index in [4.69, 9.17) is 5.48 Å². The second-order valence-electron chi connectivity index (χ2n) is 4.68. The van der Waals surface area contributed by atoms with Crippen LogP contribution in [0, 0.1) is 17.7 Å². The Morgan fingerprint density at radius 1 is 1.19 bits per heavy atom. The van der Waals surface area contributed by atoms with Crippen LogP contribution in [-0.4, -0.2) is 17.7 Å². The highest BCUT2D eigenvalue weighted by molar-refractivity contribution is 5.90. The van der Waals surface area contributed by atoms with Crippen LogP contribution in [0.2, 0.25) is 0 Å². The maximum atomic E-state index is 12.2. The van der Waals surface area contributed by atoms with Gasteiger partial charge in [-0.2, -0.15) is 0 Å². The summed E-state index contributed by atoms with van der Waals surface area (Å²) in [6.07, 6.45) is -0.457. The summed E-state index contributed by atoms with van der Waals surface area (Å²) in [6.45, 7) is 5.75. The second kappa shape index (κ2) is 6.66. The Kier molecular flexibility index (Phi) is 3.83. The van der Waals surface area contributed by atoms with Crippen LogP contribution in [0.4, 0.5) is 0 Å². The van der Waals surface area contributed by atoms with Crippen LogP contribution in [0.1, 0.15) is 53.4 Å². The van der Waals surface area contributed by atoms with Crippen molar-refractivity contribution >= 4 is 11.7 Å². The number of hydrogen-bond donors (Lipinski definition) is 1. The first-order valence-electron chi connectivity index (χ1n) is 7.62. The van der Waals surface area contributed by atoms with Crippen molar-refractivity contribution in [1.29, 1.82) is 0 Å². The number of hydrogen-bond acceptors (Lipinski definition) is 2. The molecule has 0 spiro atoms. The molecule has 3 nitrogen and oxygen atoms in total. The van der Waals surface area contributed by atoms with E-state index in [1.54, 1.807) is 27.7 Å². The lowest BCUT2D eigenvalue weighted by Crippen LogP contribution is -2.48. The van der Waals surface area contributed by atoms with Crippen molar-refractivity contribution in [1.82, 2.24) is 5.32 Å². The van der Waals surface area contributed by atoms with Gasteiger partial charge in [0.05, 0.1) is 6.04 Å². The minimum atomic E-state index is -2.32. The molecule has 0 saturated heterocycles. The van der Waals surface area contributed by atoms with E-state index in [0.717, 1.165) is 0 Å². The molecule has 0 aromatic rings. The van der Waals surface area contributed by atoms with Gasteiger partial charge in [0.25, 0.3) is 0 Å². The van der Waals surface area contributed by atoms with E-state index >= 15 is 0 Å². The van der Waals surface area contributed by atoms with Crippen molar-refractivity contribution < 1.29 is 15.1 Å². The molecule has 0 rings (SSSR count). The van der Waals surface area contributed by atoms with E-state index in [0.29, 0.717) is 0 Å². The first-order valence-corrected chi connectivity index (χ1v) is 5.62. The Hall–Kier alpha value is -0.860. The van der Waals surface area contributed by atoms with Gasteiger partial charge in [-0.1, -0.05) is 47.9 Å². The molecule has 0 saturated carbocycles. The molecular formula is C13H25NO2. The van der Waals surface area contributed by atoms with E-state index in [-0.39, 0.29) is 23.5 Å². The fraction of sp³-hybridized carbons (Fsp3) is 0.846. The average molecular weight is 232 g/mol. The van der Waals surface area contributed by atoms with Crippen molar-refractivity contribution in [3.8, 4) is 0 Å². The maximum absolute atomic E-state index is 12.2. The smallest absolute Gasteiger partial charge is 0.223 e. The lowest BCUT2D eigenvalue weighted by molar-refractivity contribution is -0.132. The van der Waals surface area contributed by atoms with Gasteiger partial charge in [-0.25, -0.2) is 0 Å². The summed E-state index contributed by atoms with van der Waals surface area (Å²) in [6, 6.07) is -1.11. The van der Waals surface area contributed by atoms with E-state index in [2.05, 4.69) is 5.32 Å². The van der Waals surface area contributed by atoms with Crippen molar-refractivity contribution in [3.63, 3.8) is 0 Å². The summed E-state index contributed by atoms with van der Waals surface area (Å²) in [5.74, 6) is -2.96. The third-order valence-corrected chi connectivity index (χ3v) is 2.44. The first kappa shape index (κ1) is 9.20. The predicted molar refractivity (Wildman–Crippen MR) is 66.1 cm³/mol. The van der Waals surface area contributed by atoms with E-state index < -0.39 is 25.2 Å². The largest absolute Gasteiger partial charge is 0.346 e. The molecule has 0 heterocycles. The molecule has 1 amide bonds. The zero-order valence-electron chi connectivity index (χ0n) is 14.8. The minimum absolute atomic E-state index is 0.319. The molecule has 0 aromatic carbocycles. The van der Waals surface area contributed by atoms with E-state index in [1.165, 1.54) is 6.92 Å². The quantitative estimate of drug-likeness (QED) is 0.715. The fourth-order valence-corrected chi connectivity index (χ4v) is 1.18. The Balaban J connectivity index is 5.30. The van der Waals surface area contributed by atoms with Crippen LogP contribution < -0.4 is 5.32 Å². The highest BCUT2D eigenvalue weighted by Crippen LogP contribution is 2.13. The van der Waals surface area contributed by atoms with Gasteiger partial charge in [-0.15, -0.1) is 0 Å². The van der Waals surface area contributed by atoms with Crippen molar-refractivity contribution in [2.45, 2.75) is 53.9 Å². The predicted octanol–water partition coefficient (Wildman–Crippen LogP) is 2.40. The molecule has 0 aliphatic rings. The number of ketones is 1. The van der Waals surface area contributed by atoms with Gasteiger partial charge in [0.1, 0.15) is 0 Å². The summed E-state index contributed by atoms with van der Waals surface area (Å²) in [5.41, 5.74) is 0. The summed E-state index contributed by atoms with van der Waals surface area (Å²) in [4.78, 5) is 24.0. The number of rotatable bonds is 6. The Labute approximate surface area is 105 Å². The molecule has 0 aromatic heterocycles. The van der Waals surface area contributed by atoms with E-state index in [9.17, 15) is 9.59 Å². The van der Waals surface area contributed by atoms with Gasteiger partial charge in [0, 0.05) is 17.3 Å². The number of carbonyl (C=O) groups is 2. The second-order valence-corrected chi connectivity index (χ2v) is 4.68. The molecule has 1 N–H and O–H groups in total. The molecule has 3 heteroatoms. The van der Waals surface area contributed by atoms with Gasteiger partial charge in [0.15, 0.2) is 5.78 Å². The molecule has 0 radical (unpaired) electrons. The van der Waals surface area contributed by atoms with Gasteiger partial charge < -0.3 is 5.32 Å². The number of carbonyl (C=O) groups excluding carboxylic acids is 2. The van der Waals surface area contributed by atoms with Crippen LogP contribution >= 0.6 is 0 Å². The molecule has 2 atom stereocenters. The average Bonchev–Trinajstić information content (AvgIpc) is 2.20. The normalized spacial score (nSPS) is 21.4. The Bertz CT molecular complexity index is 362. The number of Topliss-reactive ketones (excluding diaryl/α,β-unsaturated/α-hetero) is 1. The molecule has 2 unspecified atom stereocenters. The van der Waals surface area contributed by atoms with Gasteiger partial charge >= 0.3 is 0 Å². The standard InChI is InChI=1S/C13H25NO2/c1-7-10(6)11(12(15)8(2)3)14-13(16)9(4)5/h8-11H,7H2,1-6H3,(H,14,16)/i1D3,10D,13+1. The maximum Gasteiger partial charge on any atom is 0.223 e. The summed E-state index contributed by atoms with van der Waals surface area (Å²) < 4.78 is 30.1. The van der Waals surface area contributed by atoms with Crippen molar-refractivity contribution in [2.75, 3.05) is 0 Å². The summed E-state index contributed by atoms with van der Waals surface area (Å²) in [7, 11) is 0. The summed E-state index contributed by atoms with van der Waals surface area (Å²) in [5, 5.41) is 2.53. The van der Waals surface area contributed by atoms with Crippen molar-refractivity contribution in [2.24, 2.45) is 17.7 Å². The van der Waals surface area contributed by atoms with Crippen LogP contribution in [0.15, 0.2) is 0 Å². The fourth-order valence-electron chi connectivity index (χ4n) is 1.18. The molecule has 0 fully saturated rings. The monoisotopic (exact) mass is 232 g/mol. The number of nitrogens with one attached hydrogen (secondary N) is 1. The molecule has 94 valence electrons. The van der Waals surface area contributed by atoms with E-state index in [1.807, 2.05) is 0 Å². The molecule has 0 aliphatic carbocycles. The summed E-state index contributed by atoms with van der Waals surface area (Å²) >= 11 is 0. The molecule has 0 aliphatic heterocycles. The van der Waals surface area contributed by atoms with Crippen LogP contribution in [-0.2, 0) is 9.59 Å². The highest BCUT2D eigenvalue weighted by Gasteiger charge is 2.27. The third kappa shape index (κ3) is 4.33. The minimum Gasteiger partial charge on any atom is -0.346 e. The third-order valence-electron chi connectivity index (χ3n) is 2.44. The topological polar surface area (TPSA) is 46.2 Å². The van der Waals surface area contributed by atoms with Crippen LogP contribution in [0.3, 0.4) is 0 Å². The zero-order valence-corrected chi connectivity index (χ0v) is 10.8. The molecular weight excluding hydrogens is 203 g/mol. The Morgan fingerprint density at radius 2 is 1.75 bits per heavy atom. The van der Waals surface area contributed by atoms with Gasteiger partial charge in [0.2, 0.25) is 5.91 Å². The zero-order chi connectivity index (χ0) is 16.3. The first-order chi connectivity index (χ1) is 8.78. The Morgan fingerprint density at radius 3 is 2.12 bits per heavy atom. The lowest BCUT2D eigenvalue weighted by atomic mass is 9.90.